The van der Waals surface area contributed by atoms with Gasteiger partial charge >= 0.3 is 35.0 Å². The number of benzene rings is 2. The van der Waals surface area contributed by atoms with Gasteiger partial charge in [0.15, 0.2) is 0 Å². The minimum atomic E-state index is -0.106. The molecule has 0 bridgehead atoms. The van der Waals surface area contributed by atoms with Crippen LogP contribution < -0.4 is 9.80 Å². The molecule has 0 fully saturated rings. The SMILES string of the molecule is Cc1cccc(C)c1N1[C]N(c2c(C)cccc2C)C=C1.Cn1ccnc1.[Cl][Pd][Cl]. The minimum absolute atomic E-state index is 0.106. The fourth-order valence-electron chi connectivity index (χ4n) is 3.26. The second kappa shape index (κ2) is 12.2. The topological polar surface area (TPSA) is 24.3 Å². The monoisotopic (exact) mass is 534 g/mol. The first kappa shape index (κ1) is 24.5. The second-order valence-electron chi connectivity index (χ2n) is 6.89. The predicted octanol–water partition coefficient (Wildman–Crippen LogP) is 6.51. The van der Waals surface area contributed by atoms with Crippen LogP contribution in [0.5, 0.6) is 0 Å². The van der Waals surface area contributed by atoms with Crippen molar-refractivity contribution < 1.29 is 15.9 Å². The van der Waals surface area contributed by atoms with E-state index >= 15 is 0 Å². The van der Waals surface area contributed by atoms with Gasteiger partial charge in [-0.05, 0) is 49.9 Å². The number of hydrogen-bond donors (Lipinski definition) is 0. The maximum absolute atomic E-state index is 4.81. The molecule has 0 spiro atoms. The molecular formula is C23H26Cl2N4Pd. The van der Waals surface area contributed by atoms with Crippen molar-refractivity contribution in [2.75, 3.05) is 9.80 Å². The standard InChI is InChI=1S/C19H20N2.C4H6N2.2ClH.Pd/c1-14-7-5-8-15(2)18(14)20-11-12-21(13-20)19-16(3)9-6-10-17(19)4;1-6-3-2-5-4-6;;;/h5-12H,1-4H3;2-4H,1H3;2*1H;/q;;;;+2/p-2. The molecule has 0 atom stereocenters. The number of para-hydroxylation sites is 2. The Morgan fingerprint density at radius 2 is 1.20 bits per heavy atom. The molecule has 4 nitrogen and oxygen atoms in total. The summed E-state index contributed by atoms with van der Waals surface area (Å²) in [7, 11) is 11.6. The van der Waals surface area contributed by atoms with Gasteiger partial charge in [0.25, 0.3) is 0 Å². The van der Waals surface area contributed by atoms with Crippen molar-refractivity contribution in [3.05, 3.63) is 96.4 Å². The van der Waals surface area contributed by atoms with Crippen molar-refractivity contribution in [1.82, 2.24) is 9.55 Å². The predicted molar refractivity (Wildman–Crippen MR) is 124 cm³/mol. The van der Waals surface area contributed by atoms with Gasteiger partial charge in [0.2, 0.25) is 6.67 Å². The number of hydrogen-bond acceptors (Lipinski definition) is 3. The molecule has 3 aromatic rings. The molecule has 1 aromatic heterocycles. The zero-order valence-electron chi connectivity index (χ0n) is 17.7. The Balaban J connectivity index is 0.000000298. The van der Waals surface area contributed by atoms with Crippen LogP contribution in [0.2, 0.25) is 0 Å². The number of aromatic nitrogens is 2. The van der Waals surface area contributed by atoms with E-state index in [2.05, 4.69) is 97.9 Å². The van der Waals surface area contributed by atoms with Gasteiger partial charge in [0, 0.05) is 43.2 Å². The van der Waals surface area contributed by atoms with Crippen LogP contribution in [0.15, 0.2) is 67.5 Å². The fraction of sp³-hybridized carbons (Fsp3) is 0.217. The van der Waals surface area contributed by atoms with Crippen molar-refractivity contribution in [2.45, 2.75) is 27.7 Å². The summed E-state index contributed by atoms with van der Waals surface area (Å²) in [6.07, 6.45) is 9.53. The molecule has 1 aliphatic heterocycles. The summed E-state index contributed by atoms with van der Waals surface area (Å²) >= 11 is -0.106. The quantitative estimate of drug-likeness (QED) is 0.350. The van der Waals surface area contributed by atoms with Gasteiger partial charge in [-0.2, -0.15) is 0 Å². The van der Waals surface area contributed by atoms with Crippen molar-refractivity contribution in [1.29, 1.82) is 0 Å². The molecule has 0 N–H and O–H groups in total. The zero-order chi connectivity index (χ0) is 22.1. The molecular weight excluding hydrogens is 510 g/mol. The van der Waals surface area contributed by atoms with Crippen LogP contribution in [-0.2, 0) is 23.0 Å². The van der Waals surface area contributed by atoms with E-state index in [1.165, 1.54) is 33.6 Å². The molecule has 30 heavy (non-hydrogen) atoms. The molecule has 2 radical (unpaired) electrons. The number of halogens is 2. The Morgan fingerprint density at radius 3 is 1.47 bits per heavy atom. The average molecular weight is 536 g/mol. The van der Waals surface area contributed by atoms with Crippen LogP contribution in [0.25, 0.3) is 0 Å². The second-order valence-corrected chi connectivity index (χ2v) is 9.25. The van der Waals surface area contributed by atoms with E-state index in [1.807, 2.05) is 17.8 Å². The van der Waals surface area contributed by atoms with Gasteiger partial charge < -0.3 is 14.4 Å². The first-order valence-electron chi connectivity index (χ1n) is 9.28. The molecule has 4 rings (SSSR count). The third-order valence-corrected chi connectivity index (χ3v) is 4.58. The Bertz CT molecular complexity index is 858. The van der Waals surface area contributed by atoms with Crippen LogP contribution in [0.4, 0.5) is 11.4 Å². The molecule has 0 aliphatic carbocycles. The van der Waals surface area contributed by atoms with Gasteiger partial charge in [0.1, 0.15) is 0 Å². The Labute approximate surface area is 196 Å². The number of imidazole rings is 1. The Kier molecular flexibility index (Phi) is 9.94. The fourth-order valence-corrected chi connectivity index (χ4v) is 3.26. The molecule has 0 unspecified atom stereocenters. The summed E-state index contributed by atoms with van der Waals surface area (Å²) < 4.78 is 1.89. The molecule has 0 saturated carbocycles. The van der Waals surface area contributed by atoms with Crippen molar-refractivity contribution >= 4 is 30.4 Å². The van der Waals surface area contributed by atoms with E-state index in [1.54, 1.807) is 12.5 Å². The zero-order valence-corrected chi connectivity index (χ0v) is 20.8. The molecule has 0 amide bonds. The van der Waals surface area contributed by atoms with Gasteiger partial charge in [-0.1, -0.05) is 36.4 Å². The number of aryl methyl sites for hydroxylation is 5. The third-order valence-electron chi connectivity index (χ3n) is 4.58. The molecule has 2 heterocycles. The summed E-state index contributed by atoms with van der Waals surface area (Å²) in [6.45, 7) is 12.0. The third kappa shape index (κ3) is 6.62. The van der Waals surface area contributed by atoms with Crippen LogP contribution in [0.3, 0.4) is 0 Å². The van der Waals surface area contributed by atoms with Gasteiger partial charge in [0.05, 0.1) is 6.33 Å². The van der Waals surface area contributed by atoms with Crippen molar-refractivity contribution in [3.63, 3.8) is 0 Å². The van der Waals surface area contributed by atoms with Crippen LogP contribution >= 0.6 is 19.1 Å². The van der Waals surface area contributed by atoms with Crippen LogP contribution in [0.1, 0.15) is 22.3 Å². The van der Waals surface area contributed by atoms with Crippen molar-refractivity contribution in [3.8, 4) is 0 Å². The normalized spacial score (nSPS) is 12.4. The van der Waals surface area contributed by atoms with E-state index in [9.17, 15) is 0 Å². The summed E-state index contributed by atoms with van der Waals surface area (Å²) in [4.78, 5) is 7.94. The van der Waals surface area contributed by atoms with E-state index in [0.29, 0.717) is 0 Å². The van der Waals surface area contributed by atoms with E-state index in [0.717, 1.165) is 0 Å². The molecule has 162 valence electrons. The molecule has 1 aliphatic rings. The van der Waals surface area contributed by atoms with E-state index in [4.69, 9.17) is 19.1 Å². The van der Waals surface area contributed by atoms with Crippen molar-refractivity contribution in [2.24, 2.45) is 7.05 Å². The summed E-state index contributed by atoms with van der Waals surface area (Å²) in [5.74, 6) is 0. The van der Waals surface area contributed by atoms with Crippen LogP contribution in [-0.4, -0.2) is 9.55 Å². The first-order valence-corrected chi connectivity index (χ1v) is 13.3. The van der Waals surface area contributed by atoms with E-state index in [-0.39, 0.29) is 15.9 Å². The number of nitrogens with zero attached hydrogens (tertiary/aromatic N) is 4. The molecule has 7 heteroatoms. The Hall–Kier alpha value is -1.77. The number of rotatable bonds is 2. The maximum atomic E-state index is 4.81. The summed E-state index contributed by atoms with van der Waals surface area (Å²) in [6, 6.07) is 12.7. The molecule has 0 saturated heterocycles. The molecule has 2 aromatic carbocycles. The van der Waals surface area contributed by atoms with Crippen LogP contribution in [0, 0.1) is 34.4 Å². The van der Waals surface area contributed by atoms with Gasteiger partial charge in [-0.15, -0.1) is 0 Å². The summed E-state index contributed by atoms with van der Waals surface area (Å²) in [5.41, 5.74) is 7.46. The number of anilines is 2. The Morgan fingerprint density at radius 1 is 0.800 bits per heavy atom. The van der Waals surface area contributed by atoms with Gasteiger partial charge in [-0.3, -0.25) is 0 Å². The average Bonchev–Trinajstić information content (AvgIpc) is 3.35. The van der Waals surface area contributed by atoms with Gasteiger partial charge in [-0.25, -0.2) is 4.98 Å². The summed E-state index contributed by atoms with van der Waals surface area (Å²) in [5, 5.41) is 0. The van der Waals surface area contributed by atoms with E-state index < -0.39 is 0 Å². The first-order chi connectivity index (χ1) is 14.4.